The molecule has 0 aliphatic carbocycles. The molecule has 0 saturated heterocycles. The van der Waals surface area contributed by atoms with Gasteiger partial charge in [-0.3, -0.25) is 5.32 Å². The summed E-state index contributed by atoms with van der Waals surface area (Å²) in [5, 5.41) is 11.2. The molecule has 0 radical (unpaired) electrons. The van der Waals surface area contributed by atoms with Crippen molar-refractivity contribution in [3.05, 3.63) is 0 Å². The third-order valence-corrected chi connectivity index (χ3v) is 1.37. The van der Waals surface area contributed by atoms with Crippen molar-refractivity contribution in [3.63, 3.8) is 0 Å². The summed E-state index contributed by atoms with van der Waals surface area (Å²) in [4.78, 5) is 0. The fraction of sp³-hybridized carbons (Fsp3) is 1.00. The Kier molecular flexibility index (Phi) is 31.7. The van der Waals surface area contributed by atoms with Gasteiger partial charge in [0, 0.05) is 0 Å². The maximum Gasteiger partial charge on any atom is 0.122 e. The molecule has 0 aromatic heterocycles. The van der Waals surface area contributed by atoms with E-state index < -0.39 is 0 Å². The van der Waals surface area contributed by atoms with Gasteiger partial charge in [0.15, 0.2) is 0 Å². The number of nitrogens with zero attached hydrogens (tertiary/aromatic N) is 2. The Balaban J connectivity index is -0.0000000910. The number of rotatable bonds is 2. The van der Waals surface area contributed by atoms with E-state index in [1.54, 1.807) is 0 Å². The van der Waals surface area contributed by atoms with E-state index >= 15 is 0 Å². The molecule has 4 heteroatoms. The maximum atomic E-state index is 4.02. The zero-order valence-corrected chi connectivity index (χ0v) is 12.1. The first-order chi connectivity index (χ1) is 6.33. The van der Waals surface area contributed by atoms with Crippen LogP contribution in [-0.2, 0) is 0 Å². The second-order valence-electron chi connectivity index (χ2n) is 2.38. The standard InChI is InChI=1S/C6H13N3.2C2H6.CH4.H3P/c1-3-4-6-7-5(2)8-9-6;2*1-2;;/h5-7H,3-4H2,1-2H3;2*1-2H3;1H4;1H3. The third-order valence-electron chi connectivity index (χ3n) is 1.37. The van der Waals surface area contributed by atoms with Crippen LogP contribution >= 0.6 is 9.90 Å². The minimum Gasteiger partial charge on any atom is -0.271 e. The van der Waals surface area contributed by atoms with Crippen LogP contribution < -0.4 is 5.32 Å². The van der Waals surface area contributed by atoms with Crippen molar-refractivity contribution in [1.29, 1.82) is 0 Å². The fourth-order valence-corrected chi connectivity index (χ4v) is 0.940. The smallest absolute Gasteiger partial charge is 0.122 e. The second-order valence-corrected chi connectivity index (χ2v) is 2.38. The Morgan fingerprint density at radius 1 is 1.07 bits per heavy atom. The normalized spacial score (nSPS) is 20.9. The van der Waals surface area contributed by atoms with Gasteiger partial charge in [0.1, 0.15) is 12.3 Å². The van der Waals surface area contributed by atoms with Gasteiger partial charge in [0.05, 0.1) is 0 Å². The van der Waals surface area contributed by atoms with Gasteiger partial charge >= 0.3 is 0 Å². The molecule has 0 bridgehead atoms. The molecule has 1 heterocycles. The van der Waals surface area contributed by atoms with E-state index in [2.05, 4.69) is 22.5 Å². The highest BCUT2D eigenvalue weighted by atomic mass is 31.0. The molecule has 15 heavy (non-hydrogen) atoms. The van der Waals surface area contributed by atoms with Crippen LogP contribution in [0.4, 0.5) is 0 Å². The van der Waals surface area contributed by atoms with E-state index in [9.17, 15) is 0 Å². The maximum absolute atomic E-state index is 4.02. The lowest BCUT2D eigenvalue weighted by atomic mass is 10.3. The Morgan fingerprint density at radius 3 is 1.80 bits per heavy atom. The summed E-state index contributed by atoms with van der Waals surface area (Å²) in [5.41, 5.74) is 0. The molecular weight excluding hydrogens is 205 g/mol. The number of hydrogen-bond donors (Lipinski definition) is 1. The van der Waals surface area contributed by atoms with E-state index in [1.165, 1.54) is 6.42 Å². The van der Waals surface area contributed by atoms with Crippen molar-refractivity contribution >= 4 is 9.90 Å². The lowest BCUT2D eigenvalue weighted by Gasteiger charge is -2.04. The third kappa shape index (κ3) is 14.0. The van der Waals surface area contributed by atoms with Gasteiger partial charge in [-0.1, -0.05) is 48.5 Å². The topological polar surface area (TPSA) is 36.8 Å². The highest BCUT2D eigenvalue weighted by Crippen LogP contribution is 2.07. The average Bonchev–Trinajstić information content (AvgIpc) is 2.59. The summed E-state index contributed by atoms with van der Waals surface area (Å²) in [6, 6.07) is 0. The van der Waals surface area contributed by atoms with Crippen LogP contribution in [-0.4, -0.2) is 12.3 Å². The first-order valence-electron chi connectivity index (χ1n) is 5.49. The Bertz CT molecular complexity index is 118. The van der Waals surface area contributed by atoms with E-state index in [4.69, 9.17) is 0 Å². The van der Waals surface area contributed by atoms with Crippen LogP contribution in [0, 0.1) is 0 Å². The van der Waals surface area contributed by atoms with Crippen LogP contribution in [0.5, 0.6) is 0 Å². The second kappa shape index (κ2) is 19.5. The molecule has 1 rings (SSSR count). The van der Waals surface area contributed by atoms with Gasteiger partial charge in [-0.25, -0.2) is 0 Å². The summed E-state index contributed by atoms with van der Waals surface area (Å²) in [7, 11) is 0. The van der Waals surface area contributed by atoms with Crippen molar-refractivity contribution in [2.45, 2.75) is 74.1 Å². The highest BCUT2D eigenvalue weighted by Gasteiger charge is 2.14. The minimum absolute atomic E-state index is 0. The van der Waals surface area contributed by atoms with Gasteiger partial charge in [0.25, 0.3) is 0 Å². The molecule has 0 aromatic carbocycles. The zero-order chi connectivity index (χ0) is 10.7. The molecule has 1 aliphatic rings. The summed E-state index contributed by atoms with van der Waals surface area (Å²) < 4.78 is 0. The minimum atomic E-state index is 0. The number of hydrogen-bond acceptors (Lipinski definition) is 3. The first kappa shape index (κ1) is 24.3. The molecule has 0 aromatic rings. The van der Waals surface area contributed by atoms with Gasteiger partial charge < -0.3 is 0 Å². The van der Waals surface area contributed by atoms with Crippen molar-refractivity contribution < 1.29 is 0 Å². The SMILES string of the molecule is C.CC.CC.CCCC1N=NC(C)N1.P. The molecular formula is C11H32N3P. The monoisotopic (exact) mass is 237 g/mol. The van der Waals surface area contributed by atoms with Crippen molar-refractivity contribution in [3.8, 4) is 0 Å². The highest BCUT2D eigenvalue weighted by molar-refractivity contribution is 6.92. The largest absolute Gasteiger partial charge is 0.271 e. The van der Waals surface area contributed by atoms with Crippen LogP contribution in [0.3, 0.4) is 0 Å². The lowest BCUT2D eigenvalue weighted by Crippen LogP contribution is -2.27. The van der Waals surface area contributed by atoms with Crippen LogP contribution in [0.2, 0.25) is 0 Å². The van der Waals surface area contributed by atoms with E-state index in [1.807, 2.05) is 34.6 Å². The molecule has 1 aliphatic heterocycles. The Labute approximate surface area is 100 Å². The van der Waals surface area contributed by atoms with Crippen LogP contribution in [0.15, 0.2) is 10.2 Å². The predicted octanol–water partition coefficient (Wildman–Crippen LogP) is 4.26. The lowest BCUT2D eigenvalue weighted by molar-refractivity contribution is 0.506. The van der Waals surface area contributed by atoms with Crippen LogP contribution in [0.1, 0.15) is 61.8 Å². The summed E-state index contributed by atoms with van der Waals surface area (Å²) in [6.07, 6.45) is 2.81. The van der Waals surface area contributed by atoms with Gasteiger partial charge in [0.2, 0.25) is 0 Å². The first-order valence-corrected chi connectivity index (χ1v) is 5.49. The summed E-state index contributed by atoms with van der Waals surface area (Å²) in [6.45, 7) is 12.2. The summed E-state index contributed by atoms with van der Waals surface area (Å²) in [5.74, 6) is 0. The Morgan fingerprint density at radius 2 is 1.53 bits per heavy atom. The fourth-order valence-electron chi connectivity index (χ4n) is 0.940. The molecule has 3 atom stereocenters. The summed E-state index contributed by atoms with van der Waals surface area (Å²) >= 11 is 0. The molecule has 3 unspecified atom stereocenters. The van der Waals surface area contributed by atoms with Crippen molar-refractivity contribution in [1.82, 2.24) is 5.32 Å². The molecule has 1 N–H and O–H groups in total. The molecule has 0 spiro atoms. The molecule has 0 fully saturated rings. The molecule has 0 saturated carbocycles. The van der Waals surface area contributed by atoms with E-state index in [0.29, 0.717) is 6.17 Å². The van der Waals surface area contributed by atoms with Crippen molar-refractivity contribution in [2.24, 2.45) is 10.2 Å². The van der Waals surface area contributed by atoms with Gasteiger partial charge in [-0.2, -0.15) is 20.1 Å². The van der Waals surface area contributed by atoms with E-state index in [0.717, 1.165) is 6.42 Å². The van der Waals surface area contributed by atoms with E-state index in [-0.39, 0.29) is 23.5 Å². The van der Waals surface area contributed by atoms with Gasteiger partial charge in [-0.05, 0) is 13.3 Å². The molecule has 0 amide bonds. The Hall–Kier alpha value is -0.0100. The predicted molar refractivity (Wildman–Crippen MR) is 76.7 cm³/mol. The van der Waals surface area contributed by atoms with Crippen molar-refractivity contribution in [2.75, 3.05) is 0 Å². The number of nitrogens with one attached hydrogen (secondary N) is 1. The molecule has 3 nitrogen and oxygen atoms in total. The van der Waals surface area contributed by atoms with Crippen LogP contribution in [0.25, 0.3) is 0 Å². The number of azo groups is 1. The van der Waals surface area contributed by atoms with Gasteiger partial charge in [-0.15, -0.1) is 0 Å². The quantitative estimate of drug-likeness (QED) is 0.716. The molecule has 96 valence electrons. The zero-order valence-electron chi connectivity index (χ0n) is 10.7. The average molecular weight is 237 g/mol.